The molecule has 2 radical (unpaired) electrons. The normalized spacial score (nSPS) is 22.0. The number of likely N-dealkylation sites (tertiary alicyclic amines) is 1. The zero-order chi connectivity index (χ0) is 24.1. The van der Waals surface area contributed by atoms with Gasteiger partial charge in [0.05, 0.1) is 19.0 Å². The number of phosphoric ester groups is 1. The molecule has 4 rings (SSSR count). The van der Waals surface area contributed by atoms with E-state index in [1.54, 1.807) is 36.2 Å². The number of phenolic OH excluding ortho intramolecular Hbond substituents is 2. The molecule has 0 bridgehead atoms. The quantitative estimate of drug-likeness (QED) is 0.320. The van der Waals surface area contributed by atoms with Gasteiger partial charge in [-0.1, -0.05) is 23.7 Å². The molecule has 3 aromatic rings. The summed E-state index contributed by atoms with van der Waals surface area (Å²) in [6, 6.07) is 8.73. The van der Waals surface area contributed by atoms with Gasteiger partial charge in [0.1, 0.15) is 28.2 Å². The topological polar surface area (TPSA) is 141 Å². The summed E-state index contributed by atoms with van der Waals surface area (Å²) in [5.74, 6) is -0.978. The van der Waals surface area contributed by atoms with Crippen molar-refractivity contribution in [3.63, 3.8) is 0 Å². The van der Waals surface area contributed by atoms with Crippen molar-refractivity contribution in [2.45, 2.75) is 17.8 Å². The fourth-order valence-electron chi connectivity index (χ4n) is 4.20. The van der Waals surface area contributed by atoms with E-state index in [1.165, 1.54) is 0 Å². The van der Waals surface area contributed by atoms with Crippen LogP contribution in [0.3, 0.4) is 0 Å². The summed E-state index contributed by atoms with van der Waals surface area (Å²) in [5.41, 5.74) is -0.549. The van der Waals surface area contributed by atoms with Crippen molar-refractivity contribution >= 4 is 38.2 Å². The first-order valence-corrected chi connectivity index (χ1v) is 11.8. The average molecular weight is 492 g/mol. The predicted octanol–water partition coefficient (Wildman–Crippen LogP) is 2.70. The minimum Gasteiger partial charge on any atom is -0.507 e. The summed E-state index contributed by atoms with van der Waals surface area (Å²) in [6.07, 6.45) is -1.17. The zero-order valence-electron chi connectivity index (χ0n) is 17.4. The first-order chi connectivity index (χ1) is 15.4. The zero-order valence-corrected chi connectivity index (χ0v) is 19.1. The van der Waals surface area contributed by atoms with E-state index in [0.29, 0.717) is 17.1 Å². The summed E-state index contributed by atoms with van der Waals surface area (Å²) < 4.78 is 22.6. The Labute approximate surface area is 194 Å². The molecule has 12 heteroatoms. The van der Waals surface area contributed by atoms with E-state index >= 15 is 0 Å². The van der Waals surface area contributed by atoms with Crippen molar-refractivity contribution in [3.05, 3.63) is 57.2 Å². The van der Waals surface area contributed by atoms with Gasteiger partial charge in [0.25, 0.3) is 0 Å². The molecule has 1 aromatic heterocycles. The molecule has 1 fully saturated rings. The van der Waals surface area contributed by atoms with Crippen LogP contribution in [0.25, 0.3) is 22.3 Å². The Morgan fingerprint density at radius 1 is 1.24 bits per heavy atom. The van der Waals surface area contributed by atoms with E-state index in [-0.39, 0.29) is 35.3 Å². The Morgan fingerprint density at radius 3 is 2.61 bits per heavy atom. The van der Waals surface area contributed by atoms with Crippen LogP contribution in [-0.2, 0) is 14.4 Å². The van der Waals surface area contributed by atoms with Gasteiger partial charge in [-0.2, -0.15) is 0 Å². The number of hydrogen-bond acceptors (Lipinski definition) is 7. The second-order valence-electron chi connectivity index (χ2n) is 8.09. The molecular formula is C21H20BClNO8P. The predicted molar refractivity (Wildman–Crippen MR) is 123 cm³/mol. The van der Waals surface area contributed by atoms with E-state index in [1.807, 2.05) is 0 Å². The Bertz CT molecular complexity index is 1340. The molecule has 2 aromatic carbocycles. The van der Waals surface area contributed by atoms with E-state index < -0.39 is 36.2 Å². The van der Waals surface area contributed by atoms with Gasteiger partial charge in [0, 0.05) is 29.8 Å². The van der Waals surface area contributed by atoms with Gasteiger partial charge in [-0.05, 0) is 37.5 Å². The lowest BCUT2D eigenvalue weighted by Gasteiger charge is -2.45. The van der Waals surface area contributed by atoms with Gasteiger partial charge >= 0.3 is 7.82 Å². The minimum absolute atomic E-state index is 0.0257. The number of benzene rings is 2. The lowest BCUT2D eigenvalue weighted by Crippen LogP contribution is -2.53. The maximum absolute atomic E-state index is 13.0. The average Bonchev–Trinajstić information content (AvgIpc) is 2.69. The number of hydrogen-bond donors (Lipinski definition) is 4. The monoisotopic (exact) mass is 491 g/mol. The number of phosphoric acid groups is 1. The molecule has 2 unspecified atom stereocenters. The number of halogens is 1. The Balaban J connectivity index is 2.03. The van der Waals surface area contributed by atoms with Crippen LogP contribution in [0.2, 0.25) is 5.02 Å². The van der Waals surface area contributed by atoms with E-state index in [0.717, 1.165) is 12.1 Å². The van der Waals surface area contributed by atoms with Gasteiger partial charge in [-0.25, -0.2) is 4.57 Å². The highest BCUT2D eigenvalue weighted by Gasteiger charge is 2.46. The summed E-state index contributed by atoms with van der Waals surface area (Å²) in [4.78, 5) is 33.6. The van der Waals surface area contributed by atoms with Crippen LogP contribution >= 0.6 is 19.4 Å². The molecule has 33 heavy (non-hydrogen) atoms. The van der Waals surface area contributed by atoms with Gasteiger partial charge < -0.3 is 29.3 Å². The van der Waals surface area contributed by atoms with Crippen LogP contribution in [0.4, 0.5) is 0 Å². The smallest absolute Gasteiger partial charge is 0.469 e. The number of rotatable bonds is 4. The van der Waals surface area contributed by atoms with Crippen LogP contribution < -0.4 is 5.43 Å². The lowest BCUT2D eigenvalue weighted by molar-refractivity contribution is 0.0388. The van der Waals surface area contributed by atoms with Crippen molar-refractivity contribution < 1.29 is 33.5 Å². The molecule has 4 N–H and O–H groups in total. The molecule has 0 aliphatic carbocycles. The molecule has 0 saturated carbocycles. The number of piperidine rings is 1. The van der Waals surface area contributed by atoms with Gasteiger partial charge in [0.15, 0.2) is 5.43 Å². The van der Waals surface area contributed by atoms with Crippen molar-refractivity contribution in [1.29, 1.82) is 0 Å². The number of likely N-dealkylation sites (N-methyl/N-ethyl adjacent to an activating group) is 1. The summed E-state index contributed by atoms with van der Waals surface area (Å²) in [7, 11) is 3.41. The van der Waals surface area contributed by atoms with Crippen LogP contribution in [0, 0.1) is 0 Å². The Kier molecular flexibility index (Phi) is 6.11. The molecular weight excluding hydrogens is 471 g/mol. The Hall–Kier alpha value is -2.33. The first kappa shape index (κ1) is 23.8. The van der Waals surface area contributed by atoms with Gasteiger partial charge in [0.2, 0.25) is 0 Å². The number of fused-ring (bicyclic) bond motifs is 1. The molecule has 2 atom stereocenters. The molecule has 0 amide bonds. The van der Waals surface area contributed by atoms with Crippen LogP contribution in [0.5, 0.6) is 11.5 Å². The molecule has 1 aliphatic rings. The standard InChI is InChI=1S/C21H20BClNO8P/c1-24-7-6-21(22,17(10-24)32-33(28,29)30)19-15(27)8-13(25)18-14(26)9-16(31-20(18)19)11-4-2-3-5-12(11)23/h2-5,8-9,17,25,27H,6-7,10H2,1H3,(H2,28,29,30). The number of nitrogens with zero attached hydrogens (tertiary/aromatic N) is 1. The van der Waals surface area contributed by atoms with E-state index in [2.05, 4.69) is 0 Å². The lowest BCUT2D eigenvalue weighted by atomic mass is 9.56. The second-order valence-corrected chi connectivity index (χ2v) is 9.69. The van der Waals surface area contributed by atoms with Gasteiger partial charge in [-0.15, -0.1) is 0 Å². The van der Waals surface area contributed by atoms with Crippen LogP contribution in [0.15, 0.2) is 45.6 Å². The van der Waals surface area contributed by atoms with E-state index in [4.69, 9.17) is 28.4 Å². The number of aromatic hydroxyl groups is 2. The second kappa shape index (κ2) is 8.47. The molecule has 2 heterocycles. The maximum atomic E-state index is 13.0. The highest BCUT2D eigenvalue weighted by atomic mass is 35.5. The maximum Gasteiger partial charge on any atom is 0.469 e. The van der Waals surface area contributed by atoms with Crippen molar-refractivity contribution in [2.75, 3.05) is 20.1 Å². The minimum atomic E-state index is -4.97. The fourth-order valence-corrected chi connectivity index (χ4v) is 5.01. The molecule has 0 spiro atoms. The van der Waals surface area contributed by atoms with Gasteiger partial charge in [-0.3, -0.25) is 9.32 Å². The van der Waals surface area contributed by atoms with E-state index in [9.17, 15) is 29.4 Å². The SMILES string of the molecule is [B]C1(c2c(O)cc(O)c3c(=O)cc(-c4ccccc4Cl)oc23)CCN(C)CC1OP(=O)(O)O. The third-order valence-electron chi connectivity index (χ3n) is 5.79. The summed E-state index contributed by atoms with van der Waals surface area (Å²) in [5, 5.41) is 19.6. The first-order valence-electron chi connectivity index (χ1n) is 9.90. The van der Waals surface area contributed by atoms with Crippen molar-refractivity contribution in [1.82, 2.24) is 4.90 Å². The third-order valence-corrected chi connectivity index (χ3v) is 6.65. The van der Waals surface area contributed by atoms with Crippen LogP contribution in [0.1, 0.15) is 12.0 Å². The molecule has 1 aliphatic heterocycles. The summed E-state index contributed by atoms with van der Waals surface area (Å²) >= 11 is 6.25. The molecule has 1 saturated heterocycles. The summed E-state index contributed by atoms with van der Waals surface area (Å²) in [6.45, 7) is 0.422. The number of phenols is 2. The molecule has 172 valence electrons. The highest BCUT2D eigenvalue weighted by molar-refractivity contribution is 7.46. The fraction of sp³-hybridized carbons (Fsp3) is 0.286. The van der Waals surface area contributed by atoms with Crippen LogP contribution in [-0.4, -0.2) is 59.0 Å². The van der Waals surface area contributed by atoms with Crippen molar-refractivity contribution in [2.24, 2.45) is 0 Å². The highest BCUT2D eigenvalue weighted by Crippen LogP contribution is 2.49. The molecule has 9 nitrogen and oxygen atoms in total. The van der Waals surface area contributed by atoms with Crippen molar-refractivity contribution in [3.8, 4) is 22.8 Å². The third kappa shape index (κ3) is 4.42. The Morgan fingerprint density at radius 2 is 1.94 bits per heavy atom. The largest absolute Gasteiger partial charge is 0.507 e.